The Kier molecular flexibility index (Phi) is 3.68. The molecular formula is C9H10INO2. The van der Waals surface area contributed by atoms with Crippen molar-refractivity contribution in [1.82, 2.24) is 0 Å². The van der Waals surface area contributed by atoms with Gasteiger partial charge in [0.1, 0.15) is 4.11 Å². The van der Waals surface area contributed by atoms with Crippen molar-refractivity contribution in [2.75, 3.05) is 7.11 Å². The van der Waals surface area contributed by atoms with Gasteiger partial charge in [-0.2, -0.15) is 0 Å². The van der Waals surface area contributed by atoms with Gasteiger partial charge in [-0.05, 0) is 40.3 Å². The summed E-state index contributed by atoms with van der Waals surface area (Å²) >= 11 is 2.16. The number of carbonyl (C=O) groups is 1. The quantitative estimate of drug-likeness (QED) is 0.682. The van der Waals surface area contributed by atoms with Crippen molar-refractivity contribution in [1.29, 1.82) is 0 Å². The number of methoxy groups -OCH3 is 1. The third-order valence-corrected chi connectivity index (χ3v) is 2.89. The molecule has 0 heterocycles. The summed E-state index contributed by atoms with van der Waals surface area (Å²) in [6.45, 7) is 0. The van der Waals surface area contributed by atoms with Crippen LogP contribution in [0.15, 0.2) is 24.3 Å². The molecule has 0 aliphatic rings. The highest BCUT2D eigenvalue weighted by atomic mass is 127. The lowest BCUT2D eigenvalue weighted by Gasteiger charge is -2.07. The van der Waals surface area contributed by atoms with E-state index in [9.17, 15) is 4.79 Å². The number of benzene rings is 1. The summed E-state index contributed by atoms with van der Waals surface area (Å²) in [4.78, 5) is 10.7. The van der Waals surface area contributed by atoms with Crippen LogP contribution in [-0.2, 0) is 4.74 Å². The third kappa shape index (κ3) is 2.67. The van der Waals surface area contributed by atoms with E-state index in [0.29, 0.717) is 5.56 Å². The maximum atomic E-state index is 10.7. The summed E-state index contributed by atoms with van der Waals surface area (Å²) in [6.07, 6.45) is 0. The van der Waals surface area contributed by atoms with Crippen LogP contribution in [0.1, 0.15) is 20.0 Å². The van der Waals surface area contributed by atoms with E-state index in [1.807, 2.05) is 12.1 Å². The minimum atomic E-state index is -0.408. The van der Waals surface area contributed by atoms with Crippen molar-refractivity contribution in [2.45, 2.75) is 4.11 Å². The van der Waals surface area contributed by atoms with Crippen LogP contribution in [-0.4, -0.2) is 13.0 Å². The van der Waals surface area contributed by atoms with Gasteiger partial charge in [0.25, 0.3) is 0 Å². The molecule has 13 heavy (non-hydrogen) atoms. The van der Waals surface area contributed by atoms with Gasteiger partial charge in [-0.1, -0.05) is 12.1 Å². The van der Waals surface area contributed by atoms with Gasteiger partial charge in [0.15, 0.2) is 0 Å². The molecule has 4 heteroatoms. The number of primary amides is 1. The molecule has 0 bridgehead atoms. The average molecular weight is 291 g/mol. The molecule has 0 fully saturated rings. The second kappa shape index (κ2) is 4.57. The largest absolute Gasteiger partial charge is 0.366 e. The molecule has 70 valence electrons. The first-order valence-electron chi connectivity index (χ1n) is 3.72. The summed E-state index contributed by atoms with van der Waals surface area (Å²) in [6, 6.07) is 7.06. The predicted molar refractivity (Wildman–Crippen MR) is 58.7 cm³/mol. The molecule has 0 aromatic heterocycles. The fraction of sp³-hybridized carbons (Fsp3) is 0.222. The average Bonchev–Trinajstić information content (AvgIpc) is 2.17. The van der Waals surface area contributed by atoms with E-state index in [2.05, 4.69) is 22.6 Å². The third-order valence-electron chi connectivity index (χ3n) is 1.66. The number of alkyl halides is 1. The van der Waals surface area contributed by atoms with Crippen molar-refractivity contribution < 1.29 is 9.53 Å². The standard InChI is InChI=1S/C9H10INO2/c1-13-8(10)6-2-4-7(5-3-6)9(11)12/h2-5,8H,1H3,(H2,11,12). The number of ether oxygens (including phenoxy) is 1. The highest BCUT2D eigenvalue weighted by Crippen LogP contribution is 2.23. The van der Waals surface area contributed by atoms with Gasteiger partial charge in [0.2, 0.25) is 5.91 Å². The van der Waals surface area contributed by atoms with Crippen molar-refractivity contribution in [2.24, 2.45) is 5.73 Å². The Hall–Kier alpha value is -0.620. The van der Waals surface area contributed by atoms with Crippen LogP contribution >= 0.6 is 22.6 Å². The number of carbonyl (C=O) groups excluding carboxylic acids is 1. The van der Waals surface area contributed by atoms with Crippen molar-refractivity contribution in [3.8, 4) is 0 Å². The smallest absolute Gasteiger partial charge is 0.248 e. The summed E-state index contributed by atoms with van der Waals surface area (Å²) in [7, 11) is 1.64. The van der Waals surface area contributed by atoms with Gasteiger partial charge >= 0.3 is 0 Å². The molecule has 2 N–H and O–H groups in total. The molecule has 1 rings (SSSR count). The van der Waals surface area contributed by atoms with Crippen LogP contribution in [0, 0.1) is 0 Å². The summed E-state index contributed by atoms with van der Waals surface area (Å²) < 4.78 is 5.12. The van der Waals surface area contributed by atoms with E-state index in [4.69, 9.17) is 10.5 Å². The lowest BCUT2D eigenvalue weighted by atomic mass is 10.1. The summed E-state index contributed by atoms with van der Waals surface area (Å²) in [5.74, 6) is -0.408. The first-order valence-corrected chi connectivity index (χ1v) is 4.96. The van der Waals surface area contributed by atoms with Gasteiger partial charge in [-0.15, -0.1) is 0 Å². The Morgan fingerprint density at radius 1 is 1.46 bits per heavy atom. The lowest BCUT2D eigenvalue weighted by Crippen LogP contribution is -2.10. The number of hydrogen-bond donors (Lipinski definition) is 1. The molecule has 0 saturated carbocycles. The van der Waals surface area contributed by atoms with E-state index in [1.54, 1.807) is 19.2 Å². The second-order valence-electron chi connectivity index (χ2n) is 2.54. The second-order valence-corrected chi connectivity index (χ2v) is 3.67. The minimum Gasteiger partial charge on any atom is -0.366 e. The summed E-state index contributed by atoms with van der Waals surface area (Å²) in [5, 5.41) is 0. The number of amides is 1. The molecule has 1 aromatic rings. The topological polar surface area (TPSA) is 52.3 Å². The minimum absolute atomic E-state index is 0.0135. The van der Waals surface area contributed by atoms with Crippen molar-refractivity contribution in [3.05, 3.63) is 35.4 Å². The molecule has 0 aliphatic heterocycles. The zero-order valence-electron chi connectivity index (χ0n) is 7.16. The van der Waals surface area contributed by atoms with E-state index in [-0.39, 0.29) is 4.11 Å². The molecule has 1 aromatic carbocycles. The number of halogens is 1. The van der Waals surface area contributed by atoms with Crippen molar-refractivity contribution >= 4 is 28.5 Å². The molecule has 1 atom stereocenters. The zero-order valence-corrected chi connectivity index (χ0v) is 9.32. The van der Waals surface area contributed by atoms with Crippen LogP contribution in [0.3, 0.4) is 0 Å². The van der Waals surface area contributed by atoms with Crippen LogP contribution < -0.4 is 5.73 Å². The molecular weight excluding hydrogens is 281 g/mol. The Labute approximate surface area is 90.4 Å². The van der Waals surface area contributed by atoms with Gasteiger partial charge in [-0.3, -0.25) is 4.79 Å². The highest BCUT2D eigenvalue weighted by Gasteiger charge is 2.05. The Morgan fingerprint density at radius 3 is 2.38 bits per heavy atom. The van der Waals surface area contributed by atoms with E-state index in [0.717, 1.165) is 5.56 Å². The van der Waals surface area contributed by atoms with Gasteiger partial charge in [0, 0.05) is 12.7 Å². The zero-order chi connectivity index (χ0) is 9.84. The normalized spacial score (nSPS) is 12.5. The molecule has 0 saturated heterocycles. The van der Waals surface area contributed by atoms with Crippen LogP contribution in [0.5, 0.6) is 0 Å². The highest BCUT2D eigenvalue weighted by molar-refractivity contribution is 14.1. The van der Waals surface area contributed by atoms with Gasteiger partial charge in [0.05, 0.1) is 0 Å². The number of nitrogens with two attached hydrogens (primary N) is 1. The van der Waals surface area contributed by atoms with E-state index >= 15 is 0 Å². The molecule has 1 unspecified atom stereocenters. The monoisotopic (exact) mass is 291 g/mol. The van der Waals surface area contributed by atoms with Gasteiger partial charge in [-0.25, -0.2) is 0 Å². The maximum absolute atomic E-state index is 10.7. The Balaban J connectivity index is 2.87. The van der Waals surface area contributed by atoms with Crippen LogP contribution in [0.2, 0.25) is 0 Å². The lowest BCUT2D eigenvalue weighted by molar-refractivity contribution is 0.1000. The maximum Gasteiger partial charge on any atom is 0.248 e. The van der Waals surface area contributed by atoms with Crippen LogP contribution in [0.25, 0.3) is 0 Å². The predicted octanol–water partition coefficient (Wildman–Crippen LogP) is 1.87. The fourth-order valence-electron chi connectivity index (χ4n) is 0.935. The molecule has 3 nitrogen and oxygen atoms in total. The molecule has 0 spiro atoms. The van der Waals surface area contributed by atoms with E-state index < -0.39 is 5.91 Å². The van der Waals surface area contributed by atoms with Crippen LogP contribution in [0.4, 0.5) is 0 Å². The first-order chi connectivity index (χ1) is 6.15. The Bertz CT molecular complexity index is 297. The van der Waals surface area contributed by atoms with Gasteiger partial charge < -0.3 is 10.5 Å². The SMILES string of the molecule is COC(I)c1ccc(C(N)=O)cc1. The first kappa shape index (κ1) is 10.5. The van der Waals surface area contributed by atoms with E-state index in [1.165, 1.54) is 0 Å². The number of hydrogen-bond acceptors (Lipinski definition) is 2. The molecule has 0 radical (unpaired) electrons. The number of rotatable bonds is 3. The fourth-order valence-corrected chi connectivity index (χ4v) is 1.35. The summed E-state index contributed by atoms with van der Waals surface area (Å²) in [5.41, 5.74) is 6.64. The molecule has 0 aliphatic carbocycles. The molecule has 1 amide bonds. The van der Waals surface area contributed by atoms with Crippen molar-refractivity contribution in [3.63, 3.8) is 0 Å². The Morgan fingerprint density at radius 2 is 2.00 bits per heavy atom.